The fraction of sp³-hybridized carbons (Fsp3) is 0.625. The first-order chi connectivity index (χ1) is 9.59. The summed E-state index contributed by atoms with van der Waals surface area (Å²) in [6.45, 7) is 7.17. The zero-order chi connectivity index (χ0) is 14.8. The maximum absolute atomic E-state index is 13.4. The largest absolute Gasteiger partial charge is 0.490 e. The second-order valence-corrected chi connectivity index (χ2v) is 6.35. The summed E-state index contributed by atoms with van der Waals surface area (Å²) in [5.74, 6) is 0.743. The van der Waals surface area contributed by atoms with Gasteiger partial charge in [-0.25, -0.2) is 4.39 Å². The summed E-state index contributed by atoms with van der Waals surface area (Å²) < 4.78 is 19.7. The Bertz CT molecular complexity index is 385. The van der Waals surface area contributed by atoms with Crippen LogP contribution in [0.15, 0.2) is 22.7 Å². The smallest absolute Gasteiger partial charge is 0.165 e. The van der Waals surface area contributed by atoms with E-state index >= 15 is 0 Å². The number of hydrogen-bond acceptors (Lipinski definition) is 2. The van der Waals surface area contributed by atoms with Crippen LogP contribution in [0.25, 0.3) is 0 Å². The molecule has 1 rings (SSSR count). The predicted molar refractivity (Wildman–Crippen MR) is 85.8 cm³/mol. The molecule has 4 heteroatoms. The molecule has 0 unspecified atom stereocenters. The number of nitrogens with one attached hydrogen (secondary N) is 1. The van der Waals surface area contributed by atoms with Gasteiger partial charge in [-0.05, 0) is 50.0 Å². The van der Waals surface area contributed by atoms with Crippen LogP contribution in [0.4, 0.5) is 4.39 Å². The monoisotopic (exact) mass is 345 g/mol. The van der Waals surface area contributed by atoms with E-state index in [1.54, 1.807) is 12.1 Å². The van der Waals surface area contributed by atoms with Crippen LogP contribution in [0, 0.1) is 11.7 Å². The van der Waals surface area contributed by atoms with E-state index < -0.39 is 0 Å². The molecule has 0 heterocycles. The first-order valence-electron chi connectivity index (χ1n) is 7.38. The molecular weight excluding hydrogens is 321 g/mol. The molecule has 0 saturated carbocycles. The molecule has 1 aromatic rings. The van der Waals surface area contributed by atoms with Crippen LogP contribution >= 0.6 is 15.9 Å². The van der Waals surface area contributed by atoms with Crippen molar-refractivity contribution in [3.8, 4) is 5.75 Å². The van der Waals surface area contributed by atoms with Crippen molar-refractivity contribution < 1.29 is 9.13 Å². The highest BCUT2D eigenvalue weighted by atomic mass is 79.9. The van der Waals surface area contributed by atoms with Gasteiger partial charge in [0.15, 0.2) is 11.6 Å². The number of halogens is 2. The third-order valence-corrected chi connectivity index (χ3v) is 3.44. The first-order valence-corrected chi connectivity index (χ1v) is 8.17. The minimum Gasteiger partial charge on any atom is -0.490 e. The average Bonchev–Trinajstić information content (AvgIpc) is 2.40. The van der Waals surface area contributed by atoms with Crippen molar-refractivity contribution in [1.82, 2.24) is 5.32 Å². The minimum absolute atomic E-state index is 0.300. The van der Waals surface area contributed by atoms with Gasteiger partial charge in [-0.3, -0.25) is 0 Å². The molecule has 0 atom stereocenters. The molecule has 114 valence electrons. The van der Waals surface area contributed by atoms with Crippen LogP contribution < -0.4 is 10.1 Å². The van der Waals surface area contributed by atoms with E-state index in [9.17, 15) is 4.39 Å². The molecular formula is C16H25BrFNO. The number of hydrogen-bond donors (Lipinski definition) is 1. The molecule has 1 aromatic carbocycles. The summed E-state index contributed by atoms with van der Waals surface area (Å²) in [4.78, 5) is 0. The van der Waals surface area contributed by atoms with Gasteiger partial charge in [0.1, 0.15) is 0 Å². The van der Waals surface area contributed by atoms with Crippen molar-refractivity contribution in [3.63, 3.8) is 0 Å². The van der Waals surface area contributed by atoms with Gasteiger partial charge in [-0.15, -0.1) is 0 Å². The summed E-state index contributed by atoms with van der Waals surface area (Å²) in [5, 5.41) is 3.43. The van der Waals surface area contributed by atoms with E-state index in [2.05, 4.69) is 35.1 Å². The van der Waals surface area contributed by atoms with Gasteiger partial charge in [0, 0.05) is 4.47 Å². The van der Waals surface area contributed by atoms with E-state index in [0.29, 0.717) is 18.3 Å². The molecule has 20 heavy (non-hydrogen) atoms. The van der Waals surface area contributed by atoms with E-state index in [0.717, 1.165) is 30.4 Å². The van der Waals surface area contributed by atoms with Crippen molar-refractivity contribution in [2.75, 3.05) is 19.7 Å². The highest BCUT2D eigenvalue weighted by Crippen LogP contribution is 2.22. The van der Waals surface area contributed by atoms with Gasteiger partial charge in [0.05, 0.1) is 6.61 Å². The number of rotatable bonds is 10. The lowest BCUT2D eigenvalue weighted by atomic mass is 10.2. The Morgan fingerprint density at radius 1 is 1.20 bits per heavy atom. The molecule has 0 spiro atoms. The summed E-state index contributed by atoms with van der Waals surface area (Å²) in [5.41, 5.74) is 0. The third-order valence-electron chi connectivity index (χ3n) is 2.95. The predicted octanol–water partition coefficient (Wildman–Crippen LogP) is 4.77. The standard InChI is InChI=1S/C16H25BrFNO/c1-13(2)12-19-9-5-3-4-6-10-20-16-11-14(17)7-8-15(16)18/h7-8,11,13,19H,3-6,9-10,12H2,1-2H3. The maximum atomic E-state index is 13.4. The average molecular weight is 346 g/mol. The Morgan fingerprint density at radius 3 is 2.70 bits per heavy atom. The molecule has 0 bridgehead atoms. The molecule has 0 aromatic heterocycles. The molecule has 0 aliphatic rings. The minimum atomic E-state index is -0.300. The van der Waals surface area contributed by atoms with Crippen LogP contribution in [0.5, 0.6) is 5.75 Å². The van der Waals surface area contributed by atoms with Gasteiger partial charge in [0.25, 0.3) is 0 Å². The molecule has 0 aliphatic carbocycles. The Morgan fingerprint density at radius 2 is 1.95 bits per heavy atom. The first kappa shape index (κ1) is 17.4. The van der Waals surface area contributed by atoms with Crippen molar-refractivity contribution in [1.29, 1.82) is 0 Å². The topological polar surface area (TPSA) is 21.3 Å². The zero-order valence-corrected chi connectivity index (χ0v) is 14.0. The van der Waals surface area contributed by atoms with Crippen LogP contribution in [-0.4, -0.2) is 19.7 Å². The van der Waals surface area contributed by atoms with Crippen LogP contribution in [-0.2, 0) is 0 Å². The maximum Gasteiger partial charge on any atom is 0.165 e. The van der Waals surface area contributed by atoms with Gasteiger partial charge in [-0.1, -0.05) is 42.6 Å². The van der Waals surface area contributed by atoms with E-state index in [1.165, 1.54) is 18.9 Å². The highest BCUT2D eigenvalue weighted by molar-refractivity contribution is 9.10. The highest BCUT2D eigenvalue weighted by Gasteiger charge is 2.03. The SMILES string of the molecule is CC(C)CNCCCCCCOc1cc(Br)ccc1F. The zero-order valence-electron chi connectivity index (χ0n) is 12.4. The molecule has 2 nitrogen and oxygen atoms in total. The molecule has 0 amide bonds. The number of ether oxygens (including phenoxy) is 1. The Kier molecular flexibility index (Phi) is 8.86. The van der Waals surface area contributed by atoms with Gasteiger partial charge < -0.3 is 10.1 Å². The lowest BCUT2D eigenvalue weighted by Gasteiger charge is -2.08. The van der Waals surface area contributed by atoms with E-state index in [4.69, 9.17) is 4.74 Å². The molecule has 0 fully saturated rings. The quantitative estimate of drug-likeness (QED) is 0.616. The van der Waals surface area contributed by atoms with Crippen molar-refractivity contribution in [3.05, 3.63) is 28.5 Å². The summed E-state index contributed by atoms with van der Waals surface area (Å²) in [6, 6.07) is 4.76. The fourth-order valence-electron chi connectivity index (χ4n) is 1.87. The second-order valence-electron chi connectivity index (χ2n) is 5.44. The summed E-state index contributed by atoms with van der Waals surface area (Å²) in [7, 11) is 0. The van der Waals surface area contributed by atoms with Gasteiger partial charge in [-0.2, -0.15) is 0 Å². The lowest BCUT2D eigenvalue weighted by molar-refractivity contribution is 0.290. The second kappa shape index (κ2) is 10.2. The summed E-state index contributed by atoms with van der Waals surface area (Å²) in [6.07, 6.45) is 4.47. The van der Waals surface area contributed by atoms with Crippen LogP contribution in [0.3, 0.4) is 0 Å². The molecule has 0 radical (unpaired) electrons. The van der Waals surface area contributed by atoms with Crippen molar-refractivity contribution in [2.45, 2.75) is 39.5 Å². The number of benzene rings is 1. The molecule has 0 saturated heterocycles. The van der Waals surface area contributed by atoms with Crippen molar-refractivity contribution >= 4 is 15.9 Å². The third kappa shape index (κ3) is 7.85. The van der Waals surface area contributed by atoms with Crippen LogP contribution in [0.1, 0.15) is 39.5 Å². The summed E-state index contributed by atoms with van der Waals surface area (Å²) >= 11 is 3.31. The van der Waals surface area contributed by atoms with E-state index in [1.807, 2.05) is 0 Å². The van der Waals surface area contributed by atoms with Gasteiger partial charge in [0.2, 0.25) is 0 Å². The normalized spacial score (nSPS) is 11.1. The molecule has 0 aliphatic heterocycles. The lowest BCUT2D eigenvalue weighted by Crippen LogP contribution is -2.20. The Labute approximate surface area is 130 Å². The van der Waals surface area contributed by atoms with Gasteiger partial charge >= 0.3 is 0 Å². The molecule has 1 N–H and O–H groups in total. The number of unbranched alkanes of at least 4 members (excludes halogenated alkanes) is 3. The Balaban J connectivity index is 2.01. The van der Waals surface area contributed by atoms with E-state index in [-0.39, 0.29) is 5.82 Å². The van der Waals surface area contributed by atoms with Crippen molar-refractivity contribution in [2.24, 2.45) is 5.92 Å². The van der Waals surface area contributed by atoms with Crippen LogP contribution in [0.2, 0.25) is 0 Å². The Hall–Kier alpha value is -0.610. The fourth-order valence-corrected chi connectivity index (χ4v) is 2.21.